The van der Waals surface area contributed by atoms with Gasteiger partial charge < -0.3 is 15.4 Å². The van der Waals surface area contributed by atoms with E-state index < -0.39 is 0 Å². The Morgan fingerprint density at radius 3 is 2.80 bits per heavy atom. The topological polar surface area (TPSA) is 45.7 Å². The standard InChI is InChI=1S/C21H27N3O/c1-16(18-6-4-3-5-7-18)15-24-21(22-2)23-12-10-17-8-9-20-19(14-17)11-13-25-20/h3-9,14,16H,10-13,15H2,1-2H3,(H2,22,23,24). The van der Waals surface area contributed by atoms with E-state index in [0.717, 1.165) is 44.2 Å². The molecule has 3 rings (SSSR count). The average Bonchev–Trinajstić information content (AvgIpc) is 3.12. The lowest BCUT2D eigenvalue weighted by molar-refractivity contribution is 0.357. The molecule has 0 aliphatic carbocycles. The van der Waals surface area contributed by atoms with E-state index >= 15 is 0 Å². The third kappa shape index (κ3) is 4.75. The molecule has 0 amide bonds. The van der Waals surface area contributed by atoms with Crippen LogP contribution in [0.3, 0.4) is 0 Å². The fourth-order valence-corrected chi connectivity index (χ4v) is 3.09. The number of nitrogens with one attached hydrogen (secondary N) is 2. The van der Waals surface area contributed by atoms with Crippen molar-refractivity contribution in [3.8, 4) is 5.75 Å². The van der Waals surface area contributed by atoms with E-state index in [4.69, 9.17) is 4.74 Å². The molecule has 0 aromatic heterocycles. The Kier molecular flexibility index (Phi) is 5.94. The average molecular weight is 337 g/mol. The number of guanidine groups is 1. The van der Waals surface area contributed by atoms with Crippen molar-refractivity contribution >= 4 is 5.96 Å². The lowest BCUT2D eigenvalue weighted by Crippen LogP contribution is -2.39. The van der Waals surface area contributed by atoms with Gasteiger partial charge in [0.2, 0.25) is 0 Å². The molecule has 0 radical (unpaired) electrons. The molecule has 4 heteroatoms. The van der Waals surface area contributed by atoms with E-state index in [2.05, 4.69) is 71.1 Å². The zero-order valence-corrected chi connectivity index (χ0v) is 15.1. The first-order chi connectivity index (χ1) is 12.3. The Balaban J connectivity index is 1.43. The third-order valence-corrected chi connectivity index (χ3v) is 4.63. The highest BCUT2D eigenvalue weighted by Crippen LogP contribution is 2.25. The van der Waals surface area contributed by atoms with Crippen molar-refractivity contribution in [2.75, 3.05) is 26.7 Å². The van der Waals surface area contributed by atoms with Gasteiger partial charge in [0.25, 0.3) is 0 Å². The summed E-state index contributed by atoms with van der Waals surface area (Å²) in [5, 5.41) is 6.81. The van der Waals surface area contributed by atoms with Crippen LogP contribution >= 0.6 is 0 Å². The van der Waals surface area contributed by atoms with E-state index in [1.54, 1.807) is 0 Å². The molecule has 25 heavy (non-hydrogen) atoms. The van der Waals surface area contributed by atoms with Crippen LogP contribution in [0.4, 0.5) is 0 Å². The van der Waals surface area contributed by atoms with Crippen LogP contribution in [0.2, 0.25) is 0 Å². The SMILES string of the molecule is CN=C(NCCc1ccc2c(c1)CCO2)NCC(C)c1ccccc1. The van der Waals surface area contributed by atoms with Crippen LogP contribution < -0.4 is 15.4 Å². The highest BCUT2D eigenvalue weighted by molar-refractivity contribution is 5.79. The monoisotopic (exact) mass is 337 g/mol. The van der Waals surface area contributed by atoms with Gasteiger partial charge in [-0.15, -0.1) is 0 Å². The van der Waals surface area contributed by atoms with Crippen LogP contribution in [-0.4, -0.2) is 32.7 Å². The molecular formula is C21H27N3O. The highest BCUT2D eigenvalue weighted by Gasteiger charge is 2.12. The summed E-state index contributed by atoms with van der Waals surface area (Å²) in [5.41, 5.74) is 4.01. The number of rotatable bonds is 6. The van der Waals surface area contributed by atoms with Crippen LogP contribution in [-0.2, 0) is 12.8 Å². The summed E-state index contributed by atoms with van der Waals surface area (Å²) < 4.78 is 5.56. The van der Waals surface area contributed by atoms with Gasteiger partial charge >= 0.3 is 0 Å². The minimum Gasteiger partial charge on any atom is -0.493 e. The van der Waals surface area contributed by atoms with E-state index in [-0.39, 0.29) is 0 Å². The molecule has 2 aromatic carbocycles. The Hall–Kier alpha value is -2.49. The Morgan fingerprint density at radius 2 is 2.00 bits per heavy atom. The second-order valence-corrected chi connectivity index (χ2v) is 6.48. The number of hydrogen-bond donors (Lipinski definition) is 2. The number of nitrogens with zero attached hydrogens (tertiary/aromatic N) is 1. The molecule has 1 aliphatic heterocycles. The number of fused-ring (bicyclic) bond motifs is 1. The molecule has 1 aliphatic rings. The highest BCUT2D eigenvalue weighted by atomic mass is 16.5. The molecule has 2 aromatic rings. The fourth-order valence-electron chi connectivity index (χ4n) is 3.09. The normalized spacial score (nSPS) is 14.6. The lowest BCUT2D eigenvalue weighted by Gasteiger charge is -2.16. The van der Waals surface area contributed by atoms with E-state index in [0.29, 0.717) is 5.92 Å². The van der Waals surface area contributed by atoms with Crippen molar-refractivity contribution in [1.29, 1.82) is 0 Å². The molecule has 1 heterocycles. The lowest BCUT2D eigenvalue weighted by atomic mass is 10.0. The number of hydrogen-bond acceptors (Lipinski definition) is 2. The molecule has 132 valence electrons. The number of ether oxygens (including phenoxy) is 1. The molecule has 0 bridgehead atoms. The predicted molar refractivity (Wildman–Crippen MR) is 104 cm³/mol. The van der Waals surface area contributed by atoms with Crippen LogP contribution in [0.1, 0.15) is 29.5 Å². The van der Waals surface area contributed by atoms with Crippen molar-refractivity contribution in [1.82, 2.24) is 10.6 Å². The molecule has 2 N–H and O–H groups in total. The summed E-state index contributed by atoms with van der Waals surface area (Å²) >= 11 is 0. The van der Waals surface area contributed by atoms with Crippen LogP contribution in [0.5, 0.6) is 5.75 Å². The summed E-state index contributed by atoms with van der Waals surface area (Å²) in [4.78, 5) is 4.32. The van der Waals surface area contributed by atoms with Gasteiger partial charge in [-0.05, 0) is 35.1 Å². The minimum atomic E-state index is 0.441. The molecule has 4 nitrogen and oxygen atoms in total. The van der Waals surface area contributed by atoms with Crippen molar-refractivity contribution in [2.45, 2.75) is 25.7 Å². The van der Waals surface area contributed by atoms with E-state index in [1.807, 2.05) is 7.05 Å². The van der Waals surface area contributed by atoms with Crippen molar-refractivity contribution in [3.63, 3.8) is 0 Å². The fraction of sp³-hybridized carbons (Fsp3) is 0.381. The summed E-state index contributed by atoms with van der Waals surface area (Å²) in [7, 11) is 1.81. The molecule has 0 saturated heterocycles. The molecule has 1 atom stereocenters. The van der Waals surface area contributed by atoms with E-state index in [1.165, 1.54) is 16.7 Å². The van der Waals surface area contributed by atoms with Gasteiger partial charge in [-0.1, -0.05) is 49.4 Å². The molecular weight excluding hydrogens is 310 g/mol. The number of aliphatic imine (C=N–C) groups is 1. The van der Waals surface area contributed by atoms with Gasteiger partial charge in [0.15, 0.2) is 5.96 Å². The van der Waals surface area contributed by atoms with Gasteiger partial charge in [-0.2, -0.15) is 0 Å². The maximum absolute atomic E-state index is 5.56. The second kappa shape index (κ2) is 8.56. The second-order valence-electron chi connectivity index (χ2n) is 6.48. The first-order valence-electron chi connectivity index (χ1n) is 9.00. The van der Waals surface area contributed by atoms with Crippen LogP contribution in [0, 0.1) is 0 Å². The Labute approximate surface area is 150 Å². The first kappa shape index (κ1) is 17.3. The van der Waals surface area contributed by atoms with Crippen LogP contribution in [0.25, 0.3) is 0 Å². The van der Waals surface area contributed by atoms with Gasteiger partial charge in [-0.25, -0.2) is 0 Å². The summed E-state index contributed by atoms with van der Waals surface area (Å²) in [6.07, 6.45) is 2.00. The zero-order chi connectivity index (χ0) is 17.5. The maximum Gasteiger partial charge on any atom is 0.191 e. The van der Waals surface area contributed by atoms with Crippen molar-refractivity contribution < 1.29 is 4.74 Å². The molecule has 0 fully saturated rings. The maximum atomic E-state index is 5.56. The first-order valence-corrected chi connectivity index (χ1v) is 9.00. The van der Waals surface area contributed by atoms with Gasteiger partial charge in [-0.3, -0.25) is 4.99 Å². The number of benzene rings is 2. The summed E-state index contributed by atoms with van der Waals surface area (Å²) in [5.74, 6) is 2.34. The zero-order valence-electron chi connectivity index (χ0n) is 15.1. The predicted octanol–water partition coefficient (Wildman–Crippen LogP) is 3.13. The van der Waals surface area contributed by atoms with Gasteiger partial charge in [0, 0.05) is 26.6 Å². The smallest absolute Gasteiger partial charge is 0.191 e. The van der Waals surface area contributed by atoms with Gasteiger partial charge in [0.05, 0.1) is 6.61 Å². The Bertz CT molecular complexity index is 712. The summed E-state index contributed by atoms with van der Waals surface area (Å²) in [6.45, 7) is 4.76. The quantitative estimate of drug-likeness (QED) is 0.629. The molecule has 0 spiro atoms. The molecule has 1 unspecified atom stereocenters. The largest absolute Gasteiger partial charge is 0.493 e. The molecule has 0 saturated carbocycles. The third-order valence-electron chi connectivity index (χ3n) is 4.63. The van der Waals surface area contributed by atoms with Crippen molar-refractivity contribution in [2.24, 2.45) is 4.99 Å². The van der Waals surface area contributed by atoms with Crippen LogP contribution in [0.15, 0.2) is 53.5 Å². The summed E-state index contributed by atoms with van der Waals surface area (Å²) in [6, 6.07) is 17.1. The van der Waals surface area contributed by atoms with E-state index in [9.17, 15) is 0 Å². The minimum absolute atomic E-state index is 0.441. The van der Waals surface area contributed by atoms with Gasteiger partial charge in [0.1, 0.15) is 5.75 Å². The Morgan fingerprint density at radius 1 is 1.16 bits per heavy atom. The van der Waals surface area contributed by atoms with Crippen molar-refractivity contribution in [3.05, 3.63) is 65.2 Å².